The quantitative estimate of drug-likeness (QED) is 0.00996. The highest BCUT2D eigenvalue weighted by Crippen LogP contribution is 2.47. The molecule has 4 unspecified atom stereocenters. The average Bonchev–Trinajstić information content (AvgIpc) is 3.29. The van der Waals surface area contributed by atoms with Gasteiger partial charge in [0.05, 0.1) is 12.7 Å². The number of carbonyl (C=O) groups is 2. The fourth-order valence-corrected chi connectivity index (χ4v) is 8.30. The van der Waals surface area contributed by atoms with Crippen LogP contribution in [0.1, 0.15) is 187 Å². The van der Waals surface area contributed by atoms with Crippen LogP contribution in [0.5, 0.6) is 0 Å². The van der Waals surface area contributed by atoms with Gasteiger partial charge in [-0.25, -0.2) is 4.57 Å². The molecule has 0 aliphatic heterocycles. The lowest BCUT2D eigenvalue weighted by Gasteiger charge is -2.41. The van der Waals surface area contributed by atoms with E-state index in [1.165, 1.54) is 89.9 Å². The Bertz CT molecular complexity index is 1400. The molecule has 0 aromatic carbocycles. The highest BCUT2D eigenvalue weighted by Gasteiger charge is 2.51. The van der Waals surface area contributed by atoms with E-state index in [0.29, 0.717) is 6.42 Å². The van der Waals surface area contributed by atoms with E-state index in [0.717, 1.165) is 51.4 Å². The standard InChI is InChI=1S/C51H89O14P/c1-3-5-7-9-11-13-15-17-18-19-20-21-22-24-26-28-30-32-34-38-44(53)62-40-43(41-63-66(60,61)65-51-49(58)47(56)46(55)48(57)50(51)59)64-45(54)39-35-37-42(52)36-33-31-29-27-25-23-16-14-12-10-8-6-4-2/h11,13,17-18,23,25,29,31,33,36,42-43,46-52,55-59H,3-10,12,14-16,19-22,24,26-28,30,32,34-35,37-41H2,1-2H3,(H,60,61)/b13-11-,18-17-,25-23+,31-29+,36-33+/t42?,43-,46?,47-,48+,49-,50-,51?/m1/s1. The minimum Gasteiger partial charge on any atom is -0.462 e. The van der Waals surface area contributed by atoms with Crippen molar-refractivity contribution in [3.63, 3.8) is 0 Å². The fraction of sp³-hybridized carbons (Fsp3) is 0.765. The summed E-state index contributed by atoms with van der Waals surface area (Å²) < 4.78 is 33.5. The van der Waals surface area contributed by atoms with Crippen molar-refractivity contribution in [3.05, 3.63) is 60.8 Å². The topological polar surface area (TPSA) is 230 Å². The minimum atomic E-state index is -5.18. The SMILES string of the molecule is CCCCC/C=C\C/C=C\CCCCCCCCCCCC(=O)OC[C@H](COP(=O)(O)OC1[C@H](O)[C@H](O)C(O)[C@H](O)[C@H]1O)OC(=O)CCCC(O)/C=C/C=C/C/C=C/CCCCCCCC. The number of rotatable bonds is 41. The number of hydrogen-bond acceptors (Lipinski definition) is 13. The number of aliphatic hydroxyl groups is 6. The first-order valence-corrected chi connectivity index (χ1v) is 26.7. The van der Waals surface area contributed by atoms with Crippen LogP contribution in [0.4, 0.5) is 0 Å². The molecule has 1 aliphatic rings. The van der Waals surface area contributed by atoms with E-state index in [9.17, 15) is 49.7 Å². The van der Waals surface area contributed by atoms with Gasteiger partial charge in [-0.15, -0.1) is 0 Å². The van der Waals surface area contributed by atoms with Gasteiger partial charge in [0.25, 0.3) is 0 Å². The van der Waals surface area contributed by atoms with Crippen LogP contribution in [0.25, 0.3) is 0 Å². The molecule has 0 amide bonds. The molecule has 0 bridgehead atoms. The largest absolute Gasteiger partial charge is 0.472 e. The summed E-state index contributed by atoms with van der Waals surface area (Å²) in [7, 11) is -5.18. The number of allylic oxidation sites excluding steroid dienone is 9. The molecule has 15 heteroatoms. The Morgan fingerprint density at radius 3 is 1.56 bits per heavy atom. The molecule has 9 atom stereocenters. The maximum atomic E-state index is 12.8. The van der Waals surface area contributed by atoms with E-state index in [1.54, 1.807) is 12.2 Å². The van der Waals surface area contributed by atoms with Crippen LogP contribution in [0.3, 0.4) is 0 Å². The Hall–Kier alpha value is -2.49. The molecule has 14 nitrogen and oxygen atoms in total. The number of esters is 2. The number of aliphatic hydroxyl groups excluding tert-OH is 6. The highest BCUT2D eigenvalue weighted by atomic mass is 31.2. The fourth-order valence-electron chi connectivity index (χ4n) is 7.33. The van der Waals surface area contributed by atoms with E-state index in [2.05, 4.69) is 50.3 Å². The van der Waals surface area contributed by atoms with E-state index in [1.807, 2.05) is 12.2 Å². The number of hydrogen-bond donors (Lipinski definition) is 7. The van der Waals surface area contributed by atoms with Gasteiger partial charge < -0.3 is 45.0 Å². The minimum absolute atomic E-state index is 0.121. The zero-order valence-corrected chi connectivity index (χ0v) is 41.2. The molecular weight excluding hydrogens is 868 g/mol. The maximum absolute atomic E-state index is 12.8. The van der Waals surface area contributed by atoms with Crippen molar-refractivity contribution in [1.29, 1.82) is 0 Å². The third-order valence-electron chi connectivity index (χ3n) is 11.4. The van der Waals surface area contributed by atoms with Gasteiger partial charge in [0.1, 0.15) is 43.2 Å². The Morgan fingerprint density at radius 1 is 0.545 bits per heavy atom. The molecule has 0 heterocycles. The third-order valence-corrected chi connectivity index (χ3v) is 12.4. The Morgan fingerprint density at radius 2 is 1.00 bits per heavy atom. The van der Waals surface area contributed by atoms with Gasteiger partial charge in [-0.2, -0.15) is 0 Å². The lowest BCUT2D eigenvalue weighted by molar-refractivity contribution is -0.220. The lowest BCUT2D eigenvalue weighted by Crippen LogP contribution is -2.64. The molecule has 1 fully saturated rings. The number of phosphoric acid groups is 1. The summed E-state index contributed by atoms with van der Waals surface area (Å²) in [6.45, 7) is 3.12. The normalized spacial score (nSPS) is 22.3. The van der Waals surface area contributed by atoms with Crippen molar-refractivity contribution in [3.8, 4) is 0 Å². The average molecular weight is 957 g/mol. The monoisotopic (exact) mass is 957 g/mol. The second-order valence-electron chi connectivity index (χ2n) is 17.5. The molecule has 0 saturated heterocycles. The van der Waals surface area contributed by atoms with Crippen LogP contribution >= 0.6 is 7.82 Å². The first-order valence-electron chi connectivity index (χ1n) is 25.2. The van der Waals surface area contributed by atoms with Gasteiger partial charge >= 0.3 is 19.8 Å². The zero-order chi connectivity index (χ0) is 48.7. The number of ether oxygens (including phenoxy) is 2. The summed E-state index contributed by atoms with van der Waals surface area (Å²) in [4.78, 5) is 35.8. The molecule has 1 rings (SSSR count). The van der Waals surface area contributed by atoms with Gasteiger partial charge in [-0.1, -0.05) is 164 Å². The maximum Gasteiger partial charge on any atom is 0.472 e. The zero-order valence-electron chi connectivity index (χ0n) is 40.3. The van der Waals surface area contributed by atoms with Crippen molar-refractivity contribution >= 4 is 19.8 Å². The Balaban J connectivity index is 2.50. The van der Waals surface area contributed by atoms with E-state index in [-0.39, 0.29) is 25.7 Å². The predicted molar refractivity (Wildman–Crippen MR) is 259 cm³/mol. The second-order valence-corrected chi connectivity index (χ2v) is 18.9. The van der Waals surface area contributed by atoms with Crippen molar-refractivity contribution in [2.24, 2.45) is 0 Å². The molecule has 7 N–H and O–H groups in total. The molecule has 0 aromatic heterocycles. The number of phosphoric ester groups is 1. The summed E-state index contributed by atoms with van der Waals surface area (Å²) in [5.41, 5.74) is 0. The van der Waals surface area contributed by atoms with E-state index < -0.39 is 81.8 Å². The Labute approximate surface area is 396 Å². The lowest BCUT2D eigenvalue weighted by atomic mass is 9.85. The van der Waals surface area contributed by atoms with Crippen molar-refractivity contribution in [2.45, 2.75) is 236 Å². The summed E-state index contributed by atoms with van der Waals surface area (Å²) >= 11 is 0. The van der Waals surface area contributed by atoms with Crippen LogP contribution in [-0.4, -0.2) is 110 Å². The summed E-state index contributed by atoms with van der Waals surface area (Å²) in [6, 6.07) is 0. The van der Waals surface area contributed by atoms with Crippen molar-refractivity contribution < 1.29 is 68.2 Å². The molecule has 1 saturated carbocycles. The van der Waals surface area contributed by atoms with Crippen LogP contribution in [0, 0.1) is 0 Å². The Kier molecular flexibility index (Phi) is 37.7. The molecular formula is C51H89O14P. The van der Waals surface area contributed by atoms with Crippen LogP contribution in [-0.2, 0) is 32.7 Å². The second kappa shape index (κ2) is 40.4. The van der Waals surface area contributed by atoms with Crippen molar-refractivity contribution in [2.75, 3.05) is 13.2 Å². The summed E-state index contributed by atoms with van der Waals surface area (Å²) in [5.74, 6) is -1.30. The molecule has 382 valence electrons. The molecule has 0 radical (unpaired) electrons. The predicted octanol–water partition coefficient (Wildman–Crippen LogP) is 9.48. The third kappa shape index (κ3) is 32.3. The molecule has 66 heavy (non-hydrogen) atoms. The number of unbranched alkanes of at least 4 members (excludes halogenated alkanes) is 18. The molecule has 0 aromatic rings. The first kappa shape index (κ1) is 61.5. The molecule has 0 spiro atoms. The highest BCUT2D eigenvalue weighted by molar-refractivity contribution is 7.47. The van der Waals surface area contributed by atoms with Gasteiger partial charge in [-0.05, 0) is 70.6 Å². The van der Waals surface area contributed by atoms with Crippen LogP contribution < -0.4 is 0 Å². The van der Waals surface area contributed by atoms with Gasteiger partial charge in [-0.3, -0.25) is 18.6 Å². The van der Waals surface area contributed by atoms with E-state index in [4.69, 9.17) is 18.5 Å². The van der Waals surface area contributed by atoms with Gasteiger partial charge in [0.2, 0.25) is 0 Å². The molecule has 1 aliphatic carbocycles. The van der Waals surface area contributed by atoms with Gasteiger partial charge in [0, 0.05) is 12.8 Å². The summed E-state index contributed by atoms with van der Waals surface area (Å²) in [5, 5.41) is 60.6. The number of carbonyl (C=O) groups excluding carboxylic acids is 2. The first-order chi connectivity index (χ1) is 31.8. The van der Waals surface area contributed by atoms with E-state index >= 15 is 0 Å². The van der Waals surface area contributed by atoms with Gasteiger partial charge in [0.15, 0.2) is 6.10 Å². The van der Waals surface area contributed by atoms with Crippen LogP contribution in [0.15, 0.2) is 60.8 Å². The summed E-state index contributed by atoms with van der Waals surface area (Å²) in [6.07, 6.45) is 32.8. The van der Waals surface area contributed by atoms with Crippen LogP contribution in [0.2, 0.25) is 0 Å². The van der Waals surface area contributed by atoms with Crippen molar-refractivity contribution in [1.82, 2.24) is 0 Å². The smallest absolute Gasteiger partial charge is 0.462 e.